The van der Waals surface area contributed by atoms with Gasteiger partial charge in [0.15, 0.2) is 0 Å². The molecule has 23 heavy (non-hydrogen) atoms. The lowest BCUT2D eigenvalue weighted by Gasteiger charge is -2.16. The molecule has 1 heterocycles. The minimum absolute atomic E-state index is 0.0627. The second-order valence-corrected chi connectivity index (χ2v) is 5.94. The molecule has 0 saturated carbocycles. The van der Waals surface area contributed by atoms with Crippen LogP contribution < -0.4 is 21.6 Å². The Morgan fingerprint density at radius 2 is 1.91 bits per heavy atom. The molecule has 0 saturated heterocycles. The lowest BCUT2D eigenvalue weighted by molar-refractivity contribution is 0.415. The van der Waals surface area contributed by atoms with Gasteiger partial charge in [0.05, 0.1) is 13.3 Å². The van der Waals surface area contributed by atoms with E-state index in [1.807, 2.05) is 45.0 Å². The Morgan fingerprint density at radius 1 is 1.26 bits per heavy atom. The van der Waals surface area contributed by atoms with E-state index < -0.39 is 11.0 Å². The van der Waals surface area contributed by atoms with Crippen molar-refractivity contribution in [1.82, 2.24) is 14.9 Å². The number of nitrogens with one attached hydrogen (secondary N) is 1. The van der Waals surface area contributed by atoms with Gasteiger partial charge in [-0.3, -0.25) is 4.79 Å². The van der Waals surface area contributed by atoms with E-state index in [0.29, 0.717) is 5.69 Å². The van der Waals surface area contributed by atoms with Crippen LogP contribution >= 0.6 is 0 Å². The van der Waals surface area contributed by atoms with Gasteiger partial charge >= 0.3 is 0 Å². The second-order valence-electron chi connectivity index (χ2n) is 5.94. The van der Waals surface area contributed by atoms with Crippen LogP contribution in [-0.4, -0.2) is 28.2 Å². The summed E-state index contributed by atoms with van der Waals surface area (Å²) in [7, 11) is 1.60. The van der Waals surface area contributed by atoms with Gasteiger partial charge < -0.3 is 10.6 Å². The van der Waals surface area contributed by atoms with Gasteiger partial charge in [0, 0.05) is 5.41 Å². The molecule has 0 aliphatic rings. The first-order valence-corrected chi connectivity index (χ1v) is 7.01. The number of hydrogen-bond acceptors (Lipinski definition) is 7. The van der Waals surface area contributed by atoms with Crippen LogP contribution in [0, 0.1) is 0 Å². The molecule has 1 aromatic carbocycles. The van der Waals surface area contributed by atoms with E-state index in [0.717, 1.165) is 16.0 Å². The van der Waals surface area contributed by atoms with E-state index in [2.05, 4.69) is 20.7 Å². The fourth-order valence-corrected chi connectivity index (χ4v) is 1.80. The van der Waals surface area contributed by atoms with E-state index in [1.165, 1.54) is 0 Å². The maximum absolute atomic E-state index is 12.2. The van der Waals surface area contributed by atoms with Gasteiger partial charge in [-0.25, -0.2) is 5.43 Å². The quantitative estimate of drug-likeness (QED) is 0.497. The summed E-state index contributed by atoms with van der Waals surface area (Å²) in [5.74, 6) is 6.57. The average Bonchev–Trinajstić information content (AvgIpc) is 2.51. The van der Waals surface area contributed by atoms with Gasteiger partial charge in [-0.05, 0) is 29.8 Å². The molecule has 122 valence electrons. The zero-order chi connectivity index (χ0) is 17.0. The van der Waals surface area contributed by atoms with Gasteiger partial charge in [-0.15, -0.1) is 10.2 Å². The standard InChI is InChI=1S/C15H20N6O2/c1-15(2,3)12-13(22)21(16)14(20-18-12)19-17-9-10-5-7-11(23-4)8-6-10/h5-9H,16H2,1-4H3,(H,19,20). The number of methoxy groups -OCH3 is 1. The van der Waals surface area contributed by atoms with Crippen LogP contribution in [0.3, 0.4) is 0 Å². The van der Waals surface area contributed by atoms with Gasteiger partial charge in [-0.2, -0.15) is 9.78 Å². The Kier molecular flexibility index (Phi) is 4.63. The van der Waals surface area contributed by atoms with Crippen LogP contribution in [-0.2, 0) is 5.41 Å². The zero-order valence-electron chi connectivity index (χ0n) is 13.6. The van der Waals surface area contributed by atoms with Crippen molar-refractivity contribution in [3.63, 3.8) is 0 Å². The highest BCUT2D eigenvalue weighted by Gasteiger charge is 2.22. The predicted octanol–water partition coefficient (Wildman–Crippen LogP) is 1.10. The summed E-state index contributed by atoms with van der Waals surface area (Å²) < 4.78 is 5.98. The fraction of sp³-hybridized carbons (Fsp3) is 0.333. The lowest BCUT2D eigenvalue weighted by Crippen LogP contribution is -2.38. The maximum Gasteiger partial charge on any atom is 0.295 e. The van der Waals surface area contributed by atoms with Gasteiger partial charge in [0.2, 0.25) is 0 Å². The van der Waals surface area contributed by atoms with Crippen LogP contribution in [0.1, 0.15) is 32.0 Å². The number of aromatic nitrogens is 3. The molecular formula is C15H20N6O2. The molecule has 1 aromatic heterocycles. The number of anilines is 1. The monoisotopic (exact) mass is 316 g/mol. The third-order valence-electron chi connectivity index (χ3n) is 3.10. The molecule has 0 amide bonds. The molecule has 3 N–H and O–H groups in total. The van der Waals surface area contributed by atoms with Gasteiger partial charge in [-0.1, -0.05) is 20.8 Å². The Bertz CT molecular complexity index is 759. The summed E-state index contributed by atoms with van der Waals surface area (Å²) in [6.07, 6.45) is 1.57. The van der Waals surface area contributed by atoms with Crippen molar-refractivity contribution in [3.8, 4) is 5.75 Å². The summed E-state index contributed by atoms with van der Waals surface area (Å²) >= 11 is 0. The number of rotatable bonds is 4. The topological polar surface area (TPSA) is 107 Å². The highest BCUT2D eigenvalue weighted by molar-refractivity contribution is 5.80. The number of nitrogens with two attached hydrogens (primary N) is 1. The molecule has 0 fully saturated rings. The molecule has 8 heteroatoms. The highest BCUT2D eigenvalue weighted by atomic mass is 16.5. The third-order valence-corrected chi connectivity index (χ3v) is 3.10. The summed E-state index contributed by atoms with van der Waals surface area (Å²) in [5.41, 5.74) is 2.92. The van der Waals surface area contributed by atoms with Crippen LogP contribution in [0.4, 0.5) is 5.95 Å². The first kappa shape index (κ1) is 16.5. The number of hydrazone groups is 1. The van der Waals surface area contributed by atoms with E-state index in [9.17, 15) is 4.79 Å². The van der Waals surface area contributed by atoms with Crippen molar-refractivity contribution in [2.24, 2.45) is 5.10 Å². The fourth-order valence-electron chi connectivity index (χ4n) is 1.80. The number of nitrogens with zero attached hydrogens (tertiary/aromatic N) is 4. The van der Waals surface area contributed by atoms with Crippen LogP contribution in [0.5, 0.6) is 5.75 Å². The van der Waals surface area contributed by atoms with Crippen molar-refractivity contribution >= 4 is 12.2 Å². The lowest BCUT2D eigenvalue weighted by atomic mass is 9.93. The highest BCUT2D eigenvalue weighted by Crippen LogP contribution is 2.15. The smallest absolute Gasteiger partial charge is 0.295 e. The van der Waals surface area contributed by atoms with Crippen molar-refractivity contribution < 1.29 is 4.74 Å². The summed E-state index contributed by atoms with van der Waals surface area (Å²) in [6.45, 7) is 5.61. The summed E-state index contributed by atoms with van der Waals surface area (Å²) in [5, 5.41) is 11.9. The molecule has 0 unspecified atom stereocenters. The van der Waals surface area contributed by atoms with Crippen LogP contribution in [0.2, 0.25) is 0 Å². The molecule has 2 rings (SSSR count). The molecule has 0 aliphatic carbocycles. The van der Waals surface area contributed by atoms with Crippen LogP contribution in [0.15, 0.2) is 34.2 Å². The van der Waals surface area contributed by atoms with Crippen molar-refractivity contribution in [3.05, 3.63) is 45.9 Å². The van der Waals surface area contributed by atoms with E-state index in [1.54, 1.807) is 13.3 Å². The minimum Gasteiger partial charge on any atom is -0.497 e. The molecular weight excluding hydrogens is 296 g/mol. The number of nitrogen functional groups attached to an aromatic ring is 1. The molecule has 0 bridgehead atoms. The summed E-state index contributed by atoms with van der Waals surface area (Å²) in [6, 6.07) is 7.32. The van der Waals surface area contributed by atoms with Gasteiger partial charge in [0.25, 0.3) is 11.5 Å². The first-order valence-electron chi connectivity index (χ1n) is 7.01. The third kappa shape index (κ3) is 3.85. The average molecular weight is 316 g/mol. The second kappa shape index (κ2) is 6.47. The Morgan fingerprint density at radius 3 is 2.48 bits per heavy atom. The molecule has 8 nitrogen and oxygen atoms in total. The van der Waals surface area contributed by atoms with Crippen molar-refractivity contribution in [2.45, 2.75) is 26.2 Å². The Hall–Kier alpha value is -2.90. The number of hydrogen-bond donors (Lipinski definition) is 2. The molecule has 2 aromatic rings. The van der Waals surface area contributed by atoms with E-state index in [4.69, 9.17) is 10.6 Å². The predicted molar refractivity (Wildman–Crippen MR) is 89.4 cm³/mol. The first-order chi connectivity index (χ1) is 10.8. The largest absolute Gasteiger partial charge is 0.497 e. The summed E-state index contributed by atoms with van der Waals surface area (Å²) in [4.78, 5) is 12.2. The number of ether oxygens (including phenoxy) is 1. The molecule has 0 aliphatic heterocycles. The maximum atomic E-state index is 12.2. The normalized spacial score (nSPS) is 11.7. The number of benzene rings is 1. The Balaban J connectivity index is 2.16. The van der Waals surface area contributed by atoms with Crippen molar-refractivity contribution in [1.29, 1.82) is 0 Å². The Labute approximate surface area is 134 Å². The van der Waals surface area contributed by atoms with E-state index >= 15 is 0 Å². The van der Waals surface area contributed by atoms with E-state index in [-0.39, 0.29) is 5.95 Å². The molecule has 0 spiro atoms. The molecule has 0 radical (unpaired) electrons. The van der Waals surface area contributed by atoms with Gasteiger partial charge in [0.1, 0.15) is 11.4 Å². The minimum atomic E-state index is -0.434. The SMILES string of the molecule is COc1ccc(C=NNc2nnc(C(C)(C)C)c(=O)n2N)cc1. The molecule has 0 atom stereocenters. The van der Waals surface area contributed by atoms with Crippen molar-refractivity contribution in [2.75, 3.05) is 18.4 Å². The van der Waals surface area contributed by atoms with Crippen LogP contribution in [0.25, 0.3) is 0 Å². The zero-order valence-corrected chi connectivity index (χ0v) is 13.6.